The van der Waals surface area contributed by atoms with Crippen molar-refractivity contribution in [2.45, 2.75) is 19.9 Å². The molecule has 0 unspecified atom stereocenters. The maximum absolute atomic E-state index is 12.3. The maximum atomic E-state index is 12.3. The van der Waals surface area contributed by atoms with Gasteiger partial charge in [0.2, 0.25) is 0 Å². The second-order valence-electron chi connectivity index (χ2n) is 4.36. The highest BCUT2D eigenvalue weighted by Gasteiger charge is 2.13. The molecule has 0 spiro atoms. The molecular formula is C14H15BrClN3OS. The van der Waals surface area contributed by atoms with E-state index in [2.05, 4.69) is 38.5 Å². The summed E-state index contributed by atoms with van der Waals surface area (Å²) in [6, 6.07) is 5.49. The molecule has 0 saturated heterocycles. The first kappa shape index (κ1) is 16.3. The van der Waals surface area contributed by atoms with Crippen LogP contribution in [0.25, 0.3) is 0 Å². The Morgan fingerprint density at radius 2 is 2.29 bits per heavy atom. The zero-order valence-electron chi connectivity index (χ0n) is 11.5. The van der Waals surface area contributed by atoms with Gasteiger partial charge in [0, 0.05) is 22.1 Å². The number of nitrogens with zero attached hydrogens (tertiary/aromatic N) is 1. The van der Waals surface area contributed by atoms with Gasteiger partial charge in [-0.05, 0) is 40.5 Å². The number of nitrogens with one attached hydrogen (secondary N) is 2. The van der Waals surface area contributed by atoms with Crippen molar-refractivity contribution in [1.29, 1.82) is 0 Å². The highest BCUT2D eigenvalue weighted by atomic mass is 79.9. The highest BCUT2D eigenvalue weighted by molar-refractivity contribution is 9.10. The standard InChI is InChI=1S/C14H15BrClN3OS/c1-2-5-17-13-11(6-9(15)7-18-13)14(20)19-8-10-3-4-12(16)21-10/h3-4,6-7H,2,5,8H2,1H3,(H,17,18)(H,19,20). The molecule has 0 bridgehead atoms. The summed E-state index contributed by atoms with van der Waals surface area (Å²) in [7, 11) is 0. The van der Waals surface area contributed by atoms with Gasteiger partial charge in [0.05, 0.1) is 16.4 Å². The summed E-state index contributed by atoms with van der Waals surface area (Å²) in [6.07, 6.45) is 2.64. The van der Waals surface area contributed by atoms with Gasteiger partial charge in [-0.25, -0.2) is 4.98 Å². The highest BCUT2D eigenvalue weighted by Crippen LogP contribution is 2.22. The molecule has 21 heavy (non-hydrogen) atoms. The number of amides is 1. The molecule has 2 aromatic rings. The molecule has 4 nitrogen and oxygen atoms in total. The van der Waals surface area contributed by atoms with E-state index in [4.69, 9.17) is 11.6 Å². The van der Waals surface area contributed by atoms with Gasteiger partial charge in [0.1, 0.15) is 5.82 Å². The van der Waals surface area contributed by atoms with Gasteiger partial charge in [-0.3, -0.25) is 4.79 Å². The Bertz CT molecular complexity index is 632. The molecule has 112 valence electrons. The van der Waals surface area contributed by atoms with Crippen LogP contribution in [0.5, 0.6) is 0 Å². The fourth-order valence-electron chi connectivity index (χ4n) is 1.71. The lowest BCUT2D eigenvalue weighted by Gasteiger charge is -2.11. The zero-order valence-corrected chi connectivity index (χ0v) is 14.6. The average molecular weight is 389 g/mol. The van der Waals surface area contributed by atoms with E-state index in [1.807, 2.05) is 12.1 Å². The van der Waals surface area contributed by atoms with E-state index in [1.165, 1.54) is 11.3 Å². The Morgan fingerprint density at radius 1 is 1.48 bits per heavy atom. The van der Waals surface area contributed by atoms with E-state index in [0.717, 1.165) is 22.3 Å². The van der Waals surface area contributed by atoms with Crippen molar-refractivity contribution in [3.05, 3.63) is 43.6 Å². The third-order valence-electron chi connectivity index (χ3n) is 2.69. The van der Waals surface area contributed by atoms with Crippen LogP contribution in [0.3, 0.4) is 0 Å². The van der Waals surface area contributed by atoms with E-state index < -0.39 is 0 Å². The number of halogens is 2. The minimum atomic E-state index is -0.160. The van der Waals surface area contributed by atoms with Crippen molar-refractivity contribution < 1.29 is 4.79 Å². The maximum Gasteiger partial charge on any atom is 0.255 e. The first-order valence-electron chi connectivity index (χ1n) is 6.52. The number of hydrogen-bond acceptors (Lipinski definition) is 4. The Balaban J connectivity index is 2.08. The van der Waals surface area contributed by atoms with Crippen LogP contribution in [0.15, 0.2) is 28.9 Å². The first-order chi connectivity index (χ1) is 10.1. The Labute approximate surface area is 141 Å². The summed E-state index contributed by atoms with van der Waals surface area (Å²) in [6.45, 7) is 3.29. The van der Waals surface area contributed by atoms with Crippen molar-refractivity contribution in [3.63, 3.8) is 0 Å². The van der Waals surface area contributed by atoms with Crippen LogP contribution in [0.1, 0.15) is 28.6 Å². The van der Waals surface area contributed by atoms with E-state index in [9.17, 15) is 4.79 Å². The molecule has 2 heterocycles. The minimum absolute atomic E-state index is 0.160. The van der Waals surface area contributed by atoms with Crippen molar-refractivity contribution in [3.8, 4) is 0 Å². The van der Waals surface area contributed by atoms with Crippen LogP contribution in [0.2, 0.25) is 4.34 Å². The van der Waals surface area contributed by atoms with Gasteiger partial charge >= 0.3 is 0 Å². The van der Waals surface area contributed by atoms with Crippen molar-refractivity contribution in [2.24, 2.45) is 0 Å². The largest absolute Gasteiger partial charge is 0.369 e. The fraction of sp³-hybridized carbons (Fsp3) is 0.286. The number of carbonyl (C=O) groups is 1. The third-order valence-corrected chi connectivity index (χ3v) is 4.36. The number of rotatable bonds is 6. The second-order valence-corrected chi connectivity index (χ2v) is 7.08. The van der Waals surface area contributed by atoms with Crippen LogP contribution in [0.4, 0.5) is 5.82 Å². The van der Waals surface area contributed by atoms with Crippen LogP contribution in [-0.4, -0.2) is 17.4 Å². The predicted octanol–water partition coefficient (Wildman–Crippen LogP) is 4.31. The molecule has 0 aliphatic heterocycles. The van der Waals surface area contributed by atoms with Gasteiger partial charge in [0.15, 0.2) is 0 Å². The fourth-order valence-corrected chi connectivity index (χ4v) is 3.06. The summed E-state index contributed by atoms with van der Waals surface area (Å²) < 4.78 is 1.49. The summed E-state index contributed by atoms with van der Waals surface area (Å²) >= 11 is 10.7. The molecule has 0 aromatic carbocycles. The molecule has 0 saturated carbocycles. The predicted molar refractivity (Wildman–Crippen MR) is 91.2 cm³/mol. The summed E-state index contributed by atoms with van der Waals surface area (Å²) in [5.74, 6) is 0.439. The molecule has 0 aliphatic carbocycles. The normalized spacial score (nSPS) is 10.4. The molecule has 0 radical (unpaired) electrons. The minimum Gasteiger partial charge on any atom is -0.369 e. The number of thiophene rings is 1. The van der Waals surface area contributed by atoms with Crippen molar-refractivity contribution in [1.82, 2.24) is 10.3 Å². The number of pyridine rings is 1. The Hall–Kier alpha value is -1.11. The molecule has 2 N–H and O–H groups in total. The van der Waals surface area contributed by atoms with Crippen LogP contribution >= 0.6 is 38.9 Å². The molecule has 2 aromatic heterocycles. The quantitative estimate of drug-likeness (QED) is 0.775. The number of anilines is 1. The second kappa shape index (κ2) is 7.77. The van der Waals surface area contributed by atoms with Gasteiger partial charge in [0.25, 0.3) is 5.91 Å². The summed E-state index contributed by atoms with van der Waals surface area (Å²) in [4.78, 5) is 17.6. The number of aromatic nitrogens is 1. The lowest BCUT2D eigenvalue weighted by atomic mass is 10.2. The monoisotopic (exact) mass is 387 g/mol. The van der Waals surface area contributed by atoms with Gasteiger partial charge in [-0.15, -0.1) is 11.3 Å². The SMILES string of the molecule is CCCNc1ncc(Br)cc1C(=O)NCc1ccc(Cl)s1. The van der Waals surface area contributed by atoms with Crippen molar-refractivity contribution >= 4 is 50.6 Å². The summed E-state index contributed by atoms with van der Waals surface area (Å²) in [5, 5.41) is 6.05. The van der Waals surface area contributed by atoms with E-state index in [-0.39, 0.29) is 5.91 Å². The number of carbonyl (C=O) groups excluding carboxylic acids is 1. The summed E-state index contributed by atoms with van der Waals surface area (Å²) in [5.41, 5.74) is 0.528. The molecule has 0 fully saturated rings. The molecular weight excluding hydrogens is 374 g/mol. The van der Waals surface area contributed by atoms with Crippen LogP contribution in [-0.2, 0) is 6.54 Å². The third kappa shape index (κ3) is 4.69. The zero-order chi connectivity index (χ0) is 15.2. The lowest BCUT2D eigenvalue weighted by molar-refractivity contribution is 0.0951. The van der Waals surface area contributed by atoms with Gasteiger partial charge in [-0.2, -0.15) is 0 Å². The lowest BCUT2D eigenvalue weighted by Crippen LogP contribution is -2.24. The topological polar surface area (TPSA) is 54.0 Å². The van der Waals surface area contributed by atoms with E-state index in [0.29, 0.717) is 22.3 Å². The van der Waals surface area contributed by atoms with Crippen LogP contribution in [0, 0.1) is 0 Å². The van der Waals surface area contributed by atoms with E-state index >= 15 is 0 Å². The first-order valence-corrected chi connectivity index (χ1v) is 8.50. The van der Waals surface area contributed by atoms with E-state index in [1.54, 1.807) is 12.3 Å². The molecule has 0 aliphatic rings. The molecule has 7 heteroatoms. The Kier molecular flexibility index (Phi) is 6.02. The van der Waals surface area contributed by atoms with Crippen LogP contribution < -0.4 is 10.6 Å². The molecule has 0 atom stereocenters. The smallest absolute Gasteiger partial charge is 0.255 e. The van der Waals surface area contributed by atoms with Gasteiger partial charge < -0.3 is 10.6 Å². The molecule has 2 rings (SSSR count). The molecule has 1 amide bonds. The van der Waals surface area contributed by atoms with Gasteiger partial charge in [-0.1, -0.05) is 18.5 Å². The van der Waals surface area contributed by atoms with Crippen molar-refractivity contribution in [2.75, 3.05) is 11.9 Å². The Morgan fingerprint density at radius 3 is 2.95 bits per heavy atom. The average Bonchev–Trinajstić information content (AvgIpc) is 2.89. The number of hydrogen-bond donors (Lipinski definition) is 2.